The van der Waals surface area contributed by atoms with Gasteiger partial charge in [0.2, 0.25) is 0 Å². The summed E-state index contributed by atoms with van der Waals surface area (Å²) < 4.78 is 0. The smallest absolute Gasteiger partial charge is 0.253 e. The summed E-state index contributed by atoms with van der Waals surface area (Å²) in [5, 5.41) is 4.22. The summed E-state index contributed by atoms with van der Waals surface area (Å²) in [6.07, 6.45) is 0.617. The van der Waals surface area contributed by atoms with Crippen LogP contribution in [0.3, 0.4) is 0 Å². The molecule has 3 rings (SSSR count). The molecule has 3 N–H and O–H groups in total. The molecule has 0 bridgehead atoms. The number of hydrogen-bond donors (Lipinski definition) is 2. The molecule has 0 saturated carbocycles. The Morgan fingerprint density at radius 1 is 1.12 bits per heavy atom. The molecular formula is C19H19Cl2N3O. The van der Waals surface area contributed by atoms with Crippen molar-refractivity contribution in [3.8, 4) is 0 Å². The Morgan fingerprint density at radius 2 is 1.88 bits per heavy atom. The van der Waals surface area contributed by atoms with Crippen molar-refractivity contribution in [2.24, 2.45) is 5.73 Å². The molecule has 0 atom stereocenters. The van der Waals surface area contributed by atoms with E-state index in [1.165, 1.54) is 0 Å². The molecule has 0 radical (unpaired) electrons. The van der Waals surface area contributed by atoms with Gasteiger partial charge in [-0.15, -0.1) is 0 Å². The number of rotatable bonds is 4. The molecule has 0 spiro atoms. The van der Waals surface area contributed by atoms with Crippen LogP contribution in [0.2, 0.25) is 10.0 Å². The van der Waals surface area contributed by atoms with Crippen LogP contribution >= 0.6 is 23.2 Å². The lowest BCUT2D eigenvalue weighted by atomic mass is 10.0. The number of nitrogens with one attached hydrogen (secondary N) is 1. The van der Waals surface area contributed by atoms with Gasteiger partial charge < -0.3 is 11.1 Å². The Morgan fingerprint density at radius 3 is 2.56 bits per heavy atom. The van der Waals surface area contributed by atoms with Crippen molar-refractivity contribution in [3.05, 3.63) is 75.4 Å². The normalized spacial score (nSPS) is 15.3. The molecule has 6 heteroatoms. The fourth-order valence-corrected chi connectivity index (χ4v) is 3.21. The lowest BCUT2D eigenvalue weighted by Crippen LogP contribution is -2.36. The predicted molar refractivity (Wildman–Crippen MR) is 103 cm³/mol. The van der Waals surface area contributed by atoms with E-state index in [4.69, 9.17) is 28.9 Å². The number of nitrogens with two attached hydrogens (primary N) is 1. The maximum Gasteiger partial charge on any atom is 0.253 e. The van der Waals surface area contributed by atoms with Crippen LogP contribution in [0.15, 0.2) is 59.8 Å². The molecule has 2 aromatic rings. The topological polar surface area (TPSA) is 58.4 Å². The van der Waals surface area contributed by atoms with Gasteiger partial charge in [-0.05, 0) is 48.4 Å². The highest BCUT2D eigenvalue weighted by molar-refractivity contribution is 6.30. The standard InChI is InChI=1S/C19H19Cl2N3O/c20-14-4-6-16(7-5-14)23-19(25)17-8-9-24(12-18(17)22)11-13-2-1-3-15(21)10-13/h1-7,10H,8-9,11-12,22H2,(H,23,25). The molecule has 0 fully saturated rings. The van der Waals surface area contributed by atoms with E-state index in [0.29, 0.717) is 34.9 Å². The van der Waals surface area contributed by atoms with Gasteiger partial charge in [0.15, 0.2) is 0 Å². The van der Waals surface area contributed by atoms with Crippen LogP contribution in [-0.4, -0.2) is 23.9 Å². The first-order valence-corrected chi connectivity index (χ1v) is 8.78. The van der Waals surface area contributed by atoms with Crippen molar-refractivity contribution in [1.29, 1.82) is 0 Å². The zero-order valence-electron chi connectivity index (χ0n) is 13.6. The number of carbonyl (C=O) groups is 1. The molecule has 130 valence electrons. The Kier molecular flexibility index (Phi) is 5.63. The third-order valence-electron chi connectivity index (χ3n) is 4.13. The molecule has 0 unspecified atom stereocenters. The summed E-state index contributed by atoms with van der Waals surface area (Å²) in [6.45, 7) is 2.10. The van der Waals surface area contributed by atoms with Crippen molar-refractivity contribution < 1.29 is 4.79 Å². The third-order valence-corrected chi connectivity index (χ3v) is 4.62. The first-order valence-electron chi connectivity index (χ1n) is 8.02. The SMILES string of the molecule is NC1=C(C(=O)Nc2ccc(Cl)cc2)CCN(Cc2cccc(Cl)c2)C1. The summed E-state index contributed by atoms with van der Waals surface area (Å²) in [5.74, 6) is -0.151. The molecular weight excluding hydrogens is 357 g/mol. The average Bonchev–Trinajstić information content (AvgIpc) is 2.57. The molecule has 25 heavy (non-hydrogen) atoms. The van der Waals surface area contributed by atoms with Crippen molar-refractivity contribution >= 4 is 34.8 Å². The van der Waals surface area contributed by atoms with E-state index >= 15 is 0 Å². The molecule has 0 saturated heterocycles. The molecule has 1 aliphatic rings. The molecule has 0 aliphatic carbocycles. The van der Waals surface area contributed by atoms with E-state index in [-0.39, 0.29) is 5.91 Å². The summed E-state index contributed by atoms with van der Waals surface area (Å²) in [5.41, 5.74) is 9.26. The van der Waals surface area contributed by atoms with Crippen LogP contribution in [0.25, 0.3) is 0 Å². The first-order chi connectivity index (χ1) is 12.0. The Bertz CT molecular complexity index is 803. The second-order valence-corrected chi connectivity index (χ2v) is 6.93. The number of anilines is 1. The molecule has 1 aliphatic heterocycles. The van der Waals surface area contributed by atoms with Crippen LogP contribution in [0.5, 0.6) is 0 Å². The van der Waals surface area contributed by atoms with E-state index in [9.17, 15) is 4.79 Å². The third kappa shape index (κ3) is 4.75. The van der Waals surface area contributed by atoms with Gasteiger partial charge in [-0.3, -0.25) is 9.69 Å². The Balaban J connectivity index is 1.63. The first kappa shape index (κ1) is 17.8. The number of benzene rings is 2. The van der Waals surface area contributed by atoms with Gasteiger partial charge in [-0.25, -0.2) is 0 Å². The molecule has 1 amide bonds. The minimum Gasteiger partial charge on any atom is -0.401 e. The van der Waals surface area contributed by atoms with Crippen molar-refractivity contribution in [2.45, 2.75) is 13.0 Å². The van der Waals surface area contributed by atoms with E-state index in [0.717, 1.165) is 23.7 Å². The lowest BCUT2D eigenvalue weighted by Gasteiger charge is -2.28. The molecule has 4 nitrogen and oxygen atoms in total. The zero-order chi connectivity index (χ0) is 17.8. The monoisotopic (exact) mass is 375 g/mol. The maximum atomic E-state index is 12.5. The van der Waals surface area contributed by atoms with Crippen LogP contribution < -0.4 is 11.1 Å². The predicted octanol–water partition coefficient (Wildman–Crippen LogP) is 4.05. The Hall–Kier alpha value is -2.01. The summed E-state index contributed by atoms with van der Waals surface area (Å²) in [6, 6.07) is 14.8. The van der Waals surface area contributed by atoms with Gasteiger partial charge in [0.05, 0.1) is 0 Å². The van der Waals surface area contributed by atoms with E-state index in [1.807, 2.05) is 24.3 Å². The molecule has 0 aromatic heterocycles. The van der Waals surface area contributed by atoms with Crippen LogP contribution in [-0.2, 0) is 11.3 Å². The van der Waals surface area contributed by atoms with E-state index in [2.05, 4.69) is 10.2 Å². The van der Waals surface area contributed by atoms with Crippen LogP contribution in [0, 0.1) is 0 Å². The van der Waals surface area contributed by atoms with E-state index < -0.39 is 0 Å². The number of hydrogen-bond acceptors (Lipinski definition) is 3. The number of carbonyl (C=O) groups excluding carboxylic acids is 1. The second-order valence-electron chi connectivity index (χ2n) is 6.06. The van der Waals surface area contributed by atoms with E-state index in [1.54, 1.807) is 24.3 Å². The molecule has 2 aromatic carbocycles. The highest BCUT2D eigenvalue weighted by Crippen LogP contribution is 2.21. The highest BCUT2D eigenvalue weighted by Gasteiger charge is 2.22. The molecule has 1 heterocycles. The second kappa shape index (κ2) is 7.91. The number of halogens is 2. The summed E-state index contributed by atoms with van der Waals surface area (Å²) in [4.78, 5) is 14.7. The summed E-state index contributed by atoms with van der Waals surface area (Å²) in [7, 11) is 0. The van der Waals surface area contributed by atoms with Gasteiger partial charge in [0, 0.05) is 46.6 Å². The fraction of sp³-hybridized carbons (Fsp3) is 0.211. The number of nitrogens with zero attached hydrogens (tertiary/aromatic N) is 1. The summed E-state index contributed by atoms with van der Waals surface area (Å²) >= 11 is 11.9. The quantitative estimate of drug-likeness (QED) is 0.847. The van der Waals surface area contributed by atoms with Gasteiger partial charge in [-0.1, -0.05) is 35.3 Å². The lowest BCUT2D eigenvalue weighted by molar-refractivity contribution is -0.113. The van der Waals surface area contributed by atoms with Crippen molar-refractivity contribution in [1.82, 2.24) is 4.90 Å². The number of amides is 1. The zero-order valence-corrected chi connectivity index (χ0v) is 15.1. The Labute approximate surface area is 157 Å². The van der Waals surface area contributed by atoms with Crippen LogP contribution in [0.4, 0.5) is 5.69 Å². The van der Waals surface area contributed by atoms with Gasteiger partial charge >= 0.3 is 0 Å². The van der Waals surface area contributed by atoms with Gasteiger partial charge in [0.1, 0.15) is 0 Å². The fourth-order valence-electron chi connectivity index (χ4n) is 2.87. The minimum atomic E-state index is -0.151. The maximum absolute atomic E-state index is 12.5. The van der Waals surface area contributed by atoms with Gasteiger partial charge in [0.25, 0.3) is 5.91 Å². The van der Waals surface area contributed by atoms with Crippen molar-refractivity contribution in [2.75, 3.05) is 18.4 Å². The van der Waals surface area contributed by atoms with Crippen molar-refractivity contribution in [3.63, 3.8) is 0 Å². The average molecular weight is 376 g/mol. The van der Waals surface area contributed by atoms with Gasteiger partial charge in [-0.2, -0.15) is 0 Å². The van der Waals surface area contributed by atoms with Crippen LogP contribution in [0.1, 0.15) is 12.0 Å². The minimum absolute atomic E-state index is 0.151. The highest BCUT2D eigenvalue weighted by atomic mass is 35.5. The largest absolute Gasteiger partial charge is 0.401 e.